The Morgan fingerprint density at radius 3 is 2.95 bits per heavy atom. The van der Waals surface area contributed by atoms with Gasteiger partial charge in [-0.05, 0) is 24.5 Å². The summed E-state index contributed by atoms with van der Waals surface area (Å²) in [6.45, 7) is 2.60. The summed E-state index contributed by atoms with van der Waals surface area (Å²) >= 11 is 0. The van der Waals surface area contributed by atoms with Crippen molar-refractivity contribution in [2.45, 2.75) is 31.7 Å². The highest BCUT2D eigenvalue weighted by Gasteiger charge is 2.28. The third-order valence-electron chi connectivity index (χ3n) is 3.90. The van der Waals surface area contributed by atoms with Gasteiger partial charge >= 0.3 is 6.03 Å². The third kappa shape index (κ3) is 3.69. The van der Waals surface area contributed by atoms with Gasteiger partial charge in [0.05, 0.1) is 12.6 Å². The largest absolute Gasteiger partial charge is 0.394 e. The molecule has 2 N–H and O–H groups in total. The van der Waals surface area contributed by atoms with E-state index in [2.05, 4.69) is 5.32 Å². The second-order valence-electron chi connectivity index (χ2n) is 5.42. The summed E-state index contributed by atoms with van der Waals surface area (Å²) in [6.07, 6.45) is 1.67. The minimum atomic E-state index is -0.615. The third-order valence-corrected chi connectivity index (χ3v) is 3.90. The molecule has 0 aromatic heterocycles. The fraction of sp³-hybridized carbons (Fsp3) is 0.533. The van der Waals surface area contributed by atoms with Crippen molar-refractivity contribution >= 4 is 6.03 Å². The van der Waals surface area contributed by atoms with Gasteiger partial charge in [-0.1, -0.05) is 13.0 Å². The number of carbonyl (C=O) groups excluding carboxylic acids is 1. The summed E-state index contributed by atoms with van der Waals surface area (Å²) in [5, 5.41) is 11.9. The number of likely N-dealkylation sites (tertiary alicyclic amines) is 1. The second kappa shape index (κ2) is 6.85. The van der Waals surface area contributed by atoms with Crippen LogP contribution >= 0.6 is 0 Å². The highest BCUT2D eigenvalue weighted by atomic mass is 19.1. The number of hydrogen-bond donors (Lipinski definition) is 2. The predicted molar refractivity (Wildman–Crippen MR) is 75.0 cm³/mol. The molecule has 0 spiro atoms. The fourth-order valence-electron chi connectivity index (χ4n) is 2.65. The maximum Gasteiger partial charge on any atom is 0.317 e. The molecule has 2 amide bonds. The van der Waals surface area contributed by atoms with Crippen LogP contribution in [0.4, 0.5) is 13.6 Å². The van der Waals surface area contributed by atoms with Crippen LogP contribution in [-0.2, 0) is 0 Å². The zero-order valence-electron chi connectivity index (χ0n) is 12.0. The van der Waals surface area contributed by atoms with Crippen LogP contribution in [0.25, 0.3) is 0 Å². The monoisotopic (exact) mass is 298 g/mol. The fourth-order valence-corrected chi connectivity index (χ4v) is 2.65. The molecule has 6 heteroatoms. The van der Waals surface area contributed by atoms with Crippen LogP contribution in [-0.4, -0.2) is 41.8 Å². The van der Waals surface area contributed by atoms with Crippen molar-refractivity contribution in [3.63, 3.8) is 0 Å². The minimum absolute atomic E-state index is 0.0461. The number of hydrogen-bond acceptors (Lipinski definition) is 2. The Morgan fingerprint density at radius 1 is 1.52 bits per heavy atom. The summed E-state index contributed by atoms with van der Waals surface area (Å²) in [4.78, 5) is 13.6. The summed E-state index contributed by atoms with van der Waals surface area (Å²) in [5.41, 5.74) is 0.372. The Bertz CT molecular complexity index is 510. The van der Waals surface area contributed by atoms with Gasteiger partial charge < -0.3 is 15.3 Å². The molecule has 1 aromatic rings. The highest BCUT2D eigenvalue weighted by molar-refractivity contribution is 5.74. The molecular formula is C15H20F2N2O2. The lowest BCUT2D eigenvalue weighted by Crippen LogP contribution is -2.45. The molecule has 2 rings (SSSR count). The van der Waals surface area contributed by atoms with E-state index in [1.165, 1.54) is 12.1 Å². The molecule has 1 aromatic carbocycles. The first-order valence-corrected chi connectivity index (χ1v) is 7.13. The van der Waals surface area contributed by atoms with Gasteiger partial charge in [0.2, 0.25) is 0 Å². The van der Waals surface area contributed by atoms with Gasteiger partial charge in [0, 0.05) is 25.1 Å². The number of aliphatic hydroxyl groups excluding tert-OH is 1. The van der Waals surface area contributed by atoms with E-state index >= 15 is 0 Å². The molecule has 1 aliphatic rings. The van der Waals surface area contributed by atoms with Crippen molar-refractivity contribution in [2.24, 2.45) is 0 Å². The van der Waals surface area contributed by atoms with Crippen LogP contribution in [0.3, 0.4) is 0 Å². The van der Waals surface area contributed by atoms with E-state index in [-0.39, 0.29) is 31.1 Å². The number of urea groups is 1. The van der Waals surface area contributed by atoms with Crippen LogP contribution in [0.15, 0.2) is 18.2 Å². The van der Waals surface area contributed by atoms with Crippen LogP contribution < -0.4 is 5.32 Å². The Hall–Kier alpha value is -1.69. The quantitative estimate of drug-likeness (QED) is 0.895. The summed E-state index contributed by atoms with van der Waals surface area (Å²) in [5.74, 6) is -1.48. The first-order valence-electron chi connectivity index (χ1n) is 7.13. The van der Waals surface area contributed by atoms with Crippen LogP contribution in [0, 0.1) is 11.6 Å². The number of nitrogens with one attached hydrogen (secondary N) is 1. The van der Waals surface area contributed by atoms with E-state index in [4.69, 9.17) is 0 Å². The number of benzene rings is 1. The molecular weight excluding hydrogens is 278 g/mol. The SMILES string of the molecule is CC(CNC(=O)N1CCC[C@@H]1CO)c1ccc(F)cc1F. The number of aliphatic hydroxyl groups is 1. The zero-order chi connectivity index (χ0) is 15.4. The van der Waals surface area contributed by atoms with Crippen molar-refractivity contribution < 1.29 is 18.7 Å². The van der Waals surface area contributed by atoms with E-state index in [1.807, 2.05) is 0 Å². The van der Waals surface area contributed by atoms with E-state index in [1.54, 1.807) is 11.8 Å². The molecule has 1 fully saturated rings. The second-order valence-corrected chi connectivity index (χ2v) is 5.42. The van der Waals surface area contributed by atoms with Gasteiger partial charge in [0.25, 0.3) is 0 Å². The van der Waals surface area contributed by atoms with Crippen molar-refractivity contribution in [2.75, 3.05) is 19.7 Å². The van der Waals surface area contributed by atoms with E-state index in [0.29, 0.717) is 12.1 Å². The van der Waals surface area contributed by atoms with Crippen molar-refractivity contribution in [3.8, 4) is 0 Å². The maximum absolute atomic E-state index is 13.6. The summed E-state index contributed by atoms with van der Waals surface area (Å²) < 4.78 is 26.5. The Labute approximate surface area is 122 Å². The van der Waals surface area contributed by atoms with Gasteiger partial charge in [-0.2, -0.15) is 0 Å². The number of rotatable bonds is 4. The lowest BCUT2D eigenvalue weighted by atomic mass is 10.0. The summed E-state index contributed by atoms with van der Waals surface area (Å²) in [7, 11) is 0. The minimum Gasteiger partial charge on any atom is -0.394 e. The molecule has 21 heavy (non-hydrogen) atoms. The summed E-state index contributed by atoms with van der Waals surface area (Å²) in [6, 6.07) is 3.06. The van der Waals surface area contributed by atoms with Gasteiger partial charge in [-0.3, -0.25) is 0 Å². The normalized spacial score (nSPS) is 19.6. The molecule has 0 saturated carbocycles. The van der Waals surface area contributed by atoms with Crippen molar-refractivity contribution in [1.82, 2.24) is 10.2 Å². The molecule has 1 unspecified atom stereocenters. The Kier molecular flexibility index (Phi) is 5.12. The topological polar surface area (TPSA) is 52.6 Å². The highest BCUT2D eigenvalue weighted by Crippen LogP contribution is 2.20. The molecule has 1 aliphatic heterocycles. The molecule has 0 aliphatic carbocycles. The van der Waals surface area contributed by atoms with Gasteiger partial charge in [-0.25, -0.2) is 13.6 Å². The number of amides is 2. The number of carbonyl (C=O) groups is 1. The Morgan fingerprint density at radius 2 is 2.29 bits per heavy atom. The smallest absolute Gasteiger partial charge is 0.317 e. The first kappa shape index (κ1) is 15.7. The molecule has 2 atom stereocenters. The van der Waals surface area contributed by atoms with Crippen molar-refractivity contribution in [1.29, 1.82) is 0 Å². The molecule has 116 valence electrons. The van der Waals surface area contributed by atoms with Gasteiger partial charge in [0.1, 0.15) is 11.6 Å². The molecule has 4 nitrogen and oxygen atoms in total. The van der Waals surface area contributed by atoms with E-state index < -0.39 is 11.6 Å². The van der Waals surface area contributed by atoms with Crippen LogP contribution in [0.1, 0.15) is 31.2 Å². The van der Waals surface area contributed by atoms with Gasteiger partial charge in [0.15, 0.2) is 0 Å². The Balaban J connectivity index is 1.91. The molecule has 1 saturated heterocycles. The predicted octanol–water partition coefficient (Wildman–Crippen LogP) is 2.23. The average Bonchev–Trinajstić information content (AvgIpc) is 2.92. The lowest BCUT2D eigenvalue weighted by Gasteiger charge is -2.24. The van der Waals surface area contributed by atoms with Crippen LogP contribution in [0.2, 0.25) is 0 Å². The number of nitrogens with zero attached hydrogens (tertiary/aromatic N) is 1. The van der Waals surface area contributed by atoms with Crippen LogP contribution in [0.5, 0.6) is 0 Å². The van der Waals surface area contributed by atoms with Crippen molar-refractivity contribution in [3.05, 3.63) is 35.4 Å². The number of halogens is 2. The molecule has 1 heterocycles. The average molecular weight is 298 g/mol. The van der Waals surface area contributed by atoms with Gasteiger partial charge in [-0.15, -0.1) is 0 Å². The zero-order valence-corrected chi connectivity index (χ0v) is 12.0. The van der Waals surface area contributed by atoms with E-state index in [0.717, 1.165) is 18.9 Å². The first-order chi connectivity index (χ1) is 10.0. The maximum atomic E-state index is 13.6. The standard InChI is InChI=1S/C15H20F2N2O2/c1-10(13-5-4-11(16)7-14(13)17)8-18-15(21)19-6-2-3-12(19)9-20/h4-5,7,10,12,20H,2-3,6,8-9H2,1H3,(H,18,21)/t10?,12-/m1/s1. The molecule has 0 bridgehead atoms. The van der Waals surface area contributed by atoms with E-state index in [9.17, 15) is 18.7 Å². The lowest BCUT2D eigenvalue weighted by molar-refractivity contribution is 0.157. The molecule has 0 radical (unpaired) electrons.